The van der Waals surface area contributed by atoms with Gasteiger partial charge in [0, 0.05) is 20.5 Å². The van der Waals surface area contributed by atoms with Crippen molar-refractivity contribution in [2.45, 2.75) is 22.3 Å². The minimum absolute atomic E-state index is 0.00931. The third-order valence-electron chi connectivity index (χ3n) is 5.02. The number of aliphatic carboxylic acids is 1. The summed E-state index contributed by atoms with van der Waals surface area (Å²) in [5.74, 6) is -0.996. The number of rotatable bonds is 8. The van der Waals surface area contributed by atoms with Gasteiger partial charge >= 0.3 is 18.1 Å². The summed E-state index contributed by atoms with van der Waals surface area (Å²) >= 11 is 0. The summed E-state index contributed by atoms with van der Waals surface area (Å²) in [5, 5.41) is 14.4. The molecule has 10 nitrogen and oxygen atoms in total. The number of ether oxygens (including phenoxy) is 1. The second-order valence-corrected chi connectivity index (χ2v) is 9.83. The molecule has 36 heavy (non-hydrogen) atoms. The number of hydrogen-bond donors (Lipinski definition) is 3. The topological polar surface area (TPSA) is 142 Å². The van der Waals surface area contributed by atoms with Gasteiger partial charge in [0.1, 0.15) is 11.8 Å². The number of benzene rings is 3. The molecule has 0 aliphatic heterocycles. The minimum Gasteiger partial charge on any atom is -0.480 e. The second-order valence-electron chi connectivity index (χ2n) is 7.91. The van der Waals surface area contributed by atoms with E-state index in [2.05, 4.69) is 10.6 Å². The Morgan fingerprint density at radius 1 is 0.917 bits per heavy atom. The predicted octanol–water partition coefficient (Wildman–Crippen LogP) is 3.40. The molecule has 11 heteroatoms. The average molecular weight is 512 g/mol. The largest absolute Gasteiger partial charge is 0.480 e. The summed E-state index contributed by atoms with van der Waals surface area (Å²) in [6.45, 7) is 0. The Bertz CT molecular complexity index is 1340. The first-order chi connectivity index (χ1) is 17.1. The van der Waals surface area contributed by atoms with Crippen LogP contribution in [0.2, 0.25) is 0 Å². The van der Waals surface area contributed by atoms with Crippen molar-refractivity contribution in [1.82, 2.24) is 10.2 Å². The highest BCUT2D eigenvalue weighted by atomic mass is 32.2. The molecule has 0 fully saturated rings. The normalized spacial score (nSPS) is 11.7. The summed E-state index contributed by atoms with van der Waals surface area (Å²) < 4.78 is 31.2. The average Bonchev–Trinajstić information content (AvgIpc) is 2.85. The molecule has 3 amide bonds. The maximum absolute atomic E-state index is 13.0. The van der Waals surface area contributed by atoms with Gasteiger partial charge in [0.25, 0.3) is 0 Å². The molecule has 3 rings (SSSR count). The van der Waals surface area contributed by atoms with E-state index in [0.29, 0.717) is 5.56 Å². The van der Waals surface area contributed by atoms with Gasteiger partial charge in [0.05, 0.1) is 15.5 Å². The summed E-state index contributed by atoms with van der Waals surface area (Å²) in [6, 6.07) is 17.6. The molecule has 0 heterocycles. The summed E-state index contributed by atoms with van der Waals surface area (Å²) in [4.78, 5) is 37.2. The van der Waals surface area contributed by atoms with E-state index in [0.717, 1.165) is 0 Å². The van der Waals surface area contributed by atoms with Crippen LogP contribution in [0.25, 0.3) is 0 Å². The lowest BCUT2D eigenvalue weighted by Gasteiger charge is -2.17. The number of carbonyl (C=O) groups excluding carboxylic acids is 2. The van der Waals surface area contributed by atoms with E-state index in [1.54, 1.807) is 50.5 Å². The van der Waals surface area contributed by atoms with E-state index >= 15 is 0 Å². The number of hydrogen-bond acceptors (Lipinski definition) is 6. The highest BCUT2D eigenvalue weighted by Gasteiger charge is 2.24. The van der Waals surface area contributed by atoms with Crippen LogP contribution in [-0.4, -0.2) is 56.7 Å². The van der Waals surface area contributed by atoms with Crippen LogP contribution >= 0.6 is 0 Å². The van der Waals surface area contributed by atoms with E-state index < -0.39 is 34.0 Å². The smallest absolute Gasteiger partial charge is 0.414 e. The number of sulfone groups is 1. The van der Waals surface area contributed by atoms with Crippen molar-refractivity contribution in [1.29, 1.82) is 0 Å². The third kappa shape index (κ3) is 6.60. The molecule has 0 saturated heterocycles. The fourth-order valence-electron chi connectivity index (χ4n) is 3.17. The van der Waals surface area contributed by atoms with Gasteiger partial charge in [0.2, 0.25) is 9.84 Å². The van der Waals surface area contributed by atoms with Crippen LogP contribution < -0.4 is 15.4 Å². The summed E-state index contributed by atoms with van der Waals surface area (Å²) in [5.41, 5.74) is 0.578. The lowest BCUT2D eigenvalue weighted by atomic mass is 10.1. The van der Waals surface area contributed by atoms with Gasteiger partial charge < -0.3 is 25.4 Å². The fraction of sp³-hybridized carbons (Fsp3) is 0.160. The van der Waals surface area contributed by atoms with Crippen LogP contribution in [0.5, 0.6) is 5.75 Å². The predicted molar refractivity (Wildman–Crippen MR) is 132 cm³/mol. The number of carbonyl (C=O) groups is 3. The lowest BCUT2D eigenvalue weighted by Crippen LogP contribution is -2.44. The van der Waals surface area contributed by atoms with Crippen molar-refractivity contribution in [2.75, 3.05) is 19.4 Å². The number of urea groups is 1. The summed E-state index contributed by atoms with van der Waals surface area (Å²) in [6.07, 6.45) is -0.617. The fourth-order valence-corrected chi connectivity index (χ4v) is 4.60. The van der Waals surface area contributed by atoms with E-state index in [4.69, 9.17) is 4.74 Å². The first-order valence-electron chi connectivity index (χ1n) is 10.8. The number of nitrogens with zero attached hydrogens (tertiary/aromatic N) is 1. The highest BCUT2D eigenvalue weighted by molar-refractivity contribution is 7.91. The number of para-hydroxylation sites is 1. The molecule has 0 unspecified atom stereocenters. The maximum Gasteiger partial charge on any atom is 0.414 e. The number of carboxylic acids is 1. The Labute approximate surface area is 208 Å². The zero-order chi connectivity index (χ0) is 26.3. The molecule has 188 valence electrons. The molecular formula is C25H25N3O7S. The lowest BCUT2D eigenvalue weighted by molar-refractivity contribution is -0.139. The minimum atomic E-state index is -3.92. The van der Waals surface area contributed by atoms with Crippen LogP contribution in [0.3, 0.4) is 0 Å². The first-order valence-corrected chi connectivity index (χ1v) is 12.2. The van der Waals surface area contributed by atoms with Gasteiger partial charge in [-0.3, -0.25) is 0 Å². The quantitative estimate of drug-likeness (QED) is 0.421. The zero-order valence-electron chi connectivity index (χ0n) is 19.5. The standard InChI is InChI=1S/C25H25N3O7S/c1-28(2)25(32)35-18-14-12-17(13-15-18)16-21(23(29)30)27-24(31)26-20-10-6-7-11-22(20)36(33,34)19-8-4-3-5-9-19/h3-15,21H,16H2,1-2H3,(H,29,30)(H2,26,27,31)/t21-/m0/s1. The number of nitrogens with one attached hydrogen (secondary N) is 2. The van der Waals surface area contributed by atoms with Gasteiger partial charge in [-0.1, -0.05) is 42.5 Å². The zero-order valence-corrected chi connectivity index (χ0v) is 20.4. The molecule has 0 spiro atoms. The SMILES string of the molecule is CN(C)C(=O)Oc1ccc(C[C@H](NC(=O)Nc2ccccc2S(=O)(=O)c2ccccc2)C(=O)O)cc1. The van der Waals surface area contributed by atoms with Gasteiger partial charge in [-0.05, 0) is 42.0 Å². The number of anilines is 1. The van der Waals surface area contributed by atoms with Crippen molar-refractivity contribution in [3.8, 4) is 5.75 Å². The molecule has 0 saturated carbocycles. The van der Waals surface area contributed by atoms with E-state index in [1.807, 2.05) is 0 Å². The van der Waals surface area contributed by atoms with Crippen molar-refractivity contribution in [2.24, 2.45) is 0 Å². The van der Waals surface area contributed by atoms with Gasteiger partial charge in [0.15, 0.2) is 0 Å². The van der Waals surface area contributed by atoms with Crippen molar-refractivity contribution in [3.05, 3.63) is 84.4 Å². The first kappa shape index (κ1) is 26.2. The highest BCUT2D eigenvalue weighted by Crippen LogP contribution is 2.27. The molecule has 0 aliphatic carbocycles. The molecule has 1 atom stereocenters. The van der Waals surface area contributed by atoms with E-state index in [9.17, 15) is 27.9 Å². The summed E-state index contributed by atoms with van der Waals surface area (Å²) in [7, 11) is -0.840. The van der Waals surface area contributed by atoms with Gasteiger partial charge in [-0.2, -0.15) is 0 Å². The Balaban J connectivity index is 1.71. The molecule has 0 bridgehead atoms. The van der Waals surface area contributed by atoms with Crippen LogP contribution in [0, 0.1) is 0 Å². The maximum atomic E-state index is 13.0. The molecule has 0 aromatic heterocycles. The van der Waals surface area contributed by atoms with Crippen LogP contribution in [0.15, 0.2) is 88.7 Å². The molecule has 3 N–H and O–H groups in total. The van der Waals surface area contributed by atoms with Crippen LogP contribution in [-0.2, 0) is 21.1 Å². The Morgan fingerprint density at radius 2 is 1.53 bits per heavy atom. The Morgan fingerprint density at radius 3 is 2.14 bits per heavy atom. The Kier molecular flexibility index (Phi) is 8.28. The van der Waals surface area contributed by atoms with Crippen molar-refractivity contribution in [3.63, 3.8) is 0 Å². The molecule has 0 radical (unpaired) electrons. The van der Waals surface area contributed by atoms with E-state index in [-0.39, 0.29) is 27.6 Å². The number of carboxylic acid groups (broad SMARTS) is 1. The van der Waals surface area contributed by atoms with Crippen molar-refractivity contribution < 1.29 is 32.6 Å². The van der Waals surface area contributed by atoms with Crippen LogP contribution in [0.1, 0.15) is 5.56 Å². The van der Waals surface area contributed by atoms with Gasteiger partial charge in [-0.25, -0.2) is 22.8 Å². The third-order valence-corrected chi connectivity index (χ3v) is 6.84. The Hall–Kier alpha value is -4.38. The molecule has 3 aromatic rings. The molecular weight excluding hydrogens is 486 g/mol. The molecule has 0 aliphatic rings. The van der Waals surface area contributed by atoms with E-state index in [1.165, 1.54) is 47.4 Å². The van der Waals surface area contributed by atoms with Crippen LogP contribution in [0.4, 0.5) is 15.3 Å². The van der Waals surface area contributed by atoms with Crippen molar-refractivity contribution >= 4 is 33.6 Å². The van der Waals surface area contributed by atoms with Gasteiger partial charge in [-0.15, -0.1) is 0 Å². The second kappa shape index (κ2) is 11.4. The monoisotopic (exact) mass is 511 g/mol. The molecule has 3 aromatic carbocycles. The number of amides is 3.